The van der Waals surface area contributed by atoms with Crippen LogP contribution in [-0.2, 0) is 6.54 Å². The largest absolute Gasteiger partial charge is 0.495 e. The predicted octanol–water partition coefficient (Wildman–Crippen LogP) is 3.58. The number of nitrogens with zero attached hydrogens (tertiary/aromatic N) is 2. The molecule has 0 heterocycles. The molecule has 0 aromatic heterocycles. The van der Waals surface area contributed by atoms with Crippen molar-refractivity contribution in [3.63, 3.8) is 0 Å². The first-order valence-electron chi connectivity index (χ1n) is 7.48. The second-order valence-corrected chi connectivity index (χ2v) is 5.85. The van der Waals surface area contributed by atoms with Gasteiger partial charge in [0.1, 0.15) is 11.8 Å². The summed E-state index contributed by atoms with van der Waals surface area (Å²) in [5, 5.41) is 9.00. The van der Waals surface area contributed by atoms with Crippen molar-refractivity contribution in [3.05, 3.63) is 29.3 Å². The standard InChI is InChI=1S/C17H24N2O/c1-19(12-14-6-4-3-5-7-14)13-15-8-9-16(11-18)17(10-15)20-2/h8-10,14H,3-7,12-13H2,1-2H3. The molecule has 0 unspecified atom stereocenters. The van der Waals surface area contributed by atoms with Crippen LogP contribution in [0.15, 0.2) is 18.2 Å². The minimum Gasteiger partial charge on any atom is -0.495 e. The van der Waals surface area contributed by atoms with E-state index < -0.39 is 0 Å². The van der Waals surface area contributed by atoms with Gasteiger partial charge in [0.25, 0.3) is 0 Å². The lowest BCUT2D eigenvalue weighted by atomic mass is 9.89. The molecule has 1 fully saturated rings. The number of hydrogen-bond donors (Lipinski definition) is 0. The van der Waals surface area contributed by atoms with Crippen LogP contribution in [0.1, 0.15) is 43.2 Å². The fraction of sp³-hybridized carbons (Fsp3) is 0.588. The molecule has 0 amide bonds. The van der Waals surface area contributed by atoms with E-state index in [9.17, 15) is 0 Å². The molecular weight excluding hydrogens is 248 g/mol. The molecule has 0 saturated heterocycles. The summed E-state index contributed by atoms with van der Waals surface area (Å²) in [6.07, 6.45) is 6.95. The van der Waals surface area contributed by atoms with Crippen molar-refractivity contribution >= 4 is 0 Å². The van der Waals surface area contributed by atoms with Crippen LogP contribution in [0.5, 0.6) is 5.75 Å². The van der Waals surface area contributed by atoms with Gasteiger partial charge in [-0.2, -0.15) is 5.26 Å². The van der Waals surface area contributed by atoms with Crippen molar-refractivity contribution in [2.24, 2.45) is 5.92 Å². The van der Waals surface area contributed by atoms with E-state index in [0.717, 1.165) is 12.5 Å². The zero-order valence-electron chi connectivity index (χ0n) is 12.6. The van der Waals surface area contributed by atoms with Gasteiger partial charge in [0.15, 0.2) is 0 Å². The average molecular weight is 272 g/mol. The normalized spacial score (nSPS) is 16.1. The fourth-order valence-corrected chi connectivity index (χ4v) is 3.11. The van der Waals surface area contributed by atoms with Gasteiger partial charge in [0.2, 0.25) is 0 Å². The quantitative estimate of drug-likeness (QED) is 0.822. The maximum atomic E-state index is 9.00. The molecule has 1 aromatic rings. The highest BCUT2D eigenvalue weighted by molar-refractivity contribution is 5.45. The predicted molar refractivity (Wildman–Crippen MR) is 80.6 cm³/mol. The first-order chi connectivity index (χ1) is 9.72. The van der Waals surface area contributed by atoms with Crippen LogP contribution < -0.4 is 4.74 Å². The number of rotatable bonds is 5. The fourth-order valence-electron chi connectivity index (χ4n) is 3.11. The Balaban J connectivity index is 1.93. The zero-order chi connectivity index (χ0) is 14.4. The Labute approximate surface area is 122 Å². The number of benzene rings is 1. The Bertz CT molecular complexity index is 472. The summed E-state index contributed by atoms with van der Waals surface area (Å²) in [6, 6.07) is 8.01. The van der Waals surface area contributed by atoms with Gasteiger partial charge >= 0.3 is 0 Å². The summed E-state index contributed by atoms with van der Waals surface area (Å²) in [5.74, 6) is 1.53. The zero-order valence-corrected chi connectivity index (χ0v) is 12.6. The maximum absolute atomic E-state index is 9.00. The van der Waals surface area contributed by atoms with Crippen LogP contribution in [0, 0.1) is 17.2 Å². The molecule has 0 bridgehead atoms. The van der Waals surface area contributed by atoms with E-state index in [1.807, 2.05) is 18.2 Å². The number of hydrogen-bond acceptors (Lipinski definition) is 3. The van der Waals surface area contributed by atoms with E-state index in [1.54, 1.807) is 7.11 Å². The summed E-state index contributed by atoms with van der Waals surface area (Å²) in [4.78, 5) is 2.39. The van der Waals surface area contributed by atoms with Crippen LogP contribution in [0.4, 0.5) is 0 Å². The van der Waals surface area contributed by atoms with E-state index in [2.05, 4.69) is 18.0 Å². The van der Waals surface area contributed by atoms with Gasteiger partial charge in [0, 0.05) is 13.1 Å². The van der Waals surface area contributed by atoms with Gasteiger partial charge in [-0.05, 0) is 43.5 Å². The second kappa shape index (κ2) is 7.31. The molecule has 0 radical (unpaired) electrons. The third kappa shape index (κ3) is 3.98. The number of ether oxygens (including phenoxy) is 1. The molecule has 20 heavy (non-hydrogen) atoms. The van der Waals surface area contributed by atoms with Gasteiger partial charge in [-0.3, -0.25) is 0 Å². The van der Waals surface area contributed by atoms with E-state index in [-0.39, 0.29) is 0 Å². The van der Waals surface area contributed by atoms with Crippen LogP contribution in [0.25, 0.3) is 0 Å². The second-order valence-electron chi connectivity index (χ2n) is 5.85. The van der Waals surface area contributed by atoms with Crippen molar-refractivity contribution in [2.75, 3.05) is 20.7 Å². The first-order valence-corrected chi connectivity index (χ1v) is 7.48. The molecule has 0 N–H and O–H groups in total. The topological polar surface area (TPSA) is 36.3 Å². The Hall–Kier alpha value is -1.53. The molecular formula is C17H24N2O. The van der Waals surface area contributed by atoms with Gasteiger partial charge < -0.3 is 9.64 Å². The Morgan fingerprint density at radius 2 is 2.05 bits per heavy atom. The van der Waals surface area contributed by atoms with Gasteiger partial charge in [0.05, 0.1) is 12.7 Å². The lowest BCUT2D eigenvalue weighted by molar-refractivity contribution is 0.228. The first kappa shape index (κ1) is 14.9. The van der Waals surface area contributed by atoms with Crippen molar-refractivity contribution < 1.29 is 4.74 Å². The summed E-state index contributed by atoms with van der Waals surface area (Å²) in [6.45, 7) is 2.08. The van der Waals surface area contributed by atoms with Gasteiger partial charge in [-0.25, -0.2) is 0 Å². The molecule has 1 saturated carbocycles. The summed E-state index contributed by atoms with van der Waals surface area (Å²) >= 11 is 0. The highest BCUT2D eigenvalue weighted by atomic mass is 16.5. The average Bonchev–Trinajstić information content (AvgIpc) is 2.48. The molecule has 0 aliphatic heterocycles. The lowest BCUT2D eigenvalue weighted by Gasteiger charge is -2.27. The van der Waals surface area contributed by atoms with E-state index in [1.165, 1.54) is 44.2 Å². The van der Waals surface area contributed by atoms with Crippen molar-refractivity contribution in [1.29, 1.82) is 5.26 Å². The summed E-state index contributed by atoms with van der Waals surface area (Å²) in [7, 11) is 3.80. The molecule has 0 atom stereocenters. The van der Waals surface area contributed by atoms with Crippen LogP contribution >= 0.6 is 0 Å². The lowest BCUT2D eigenvalue weighted by Crippen LogP contribution is -2.26. The third-order valence-corrected chi connectivity index (χ3v) is 4.13. The molecule has 1 aliphatic rings. The van der Waals surface area contributed by atoms with Crippen LogP contribution in [-0.4, -0.2) is 25.6 Å². The minimum absolute atomic E-state index is 0.603. The number of nitriles is 1. The smallest absolute Gasteiger partial charge is 0.136 e. The molecule has 108 valence electrons. The van der Waals surface area contributed by atoms with Crippen molar-refractivity contribution in [1.82, 2.24) is 4.90 Å². The number of methoxy groups -OCH3 is 1. The molecule has 3 nitrogen and oxygen atoms in total. The maximum Gasteiger partial charge on any atom is 0.136 e. The molecule has 3 heteroatoms. The third-order valence-electron chi connectivity index (χ3n) is 4.13. The Morgan fingerprint density at radius 1 is 1.30 bits per heavy atom. The molecule has 0 spiro atoms. The van der Waals surface area contributed by atoms with Gasteiger partial charge in [-0.1, -0.05) is 25.3 Å². The molecule has 1 aliphatic carbocycles. The van der Waals surface area contributed by atoms with E-state index >= 15 is 0 Å². The summed E-state index contributed by atoms with van der Waals surface area (Å²) in [5.41, 5.74) is 1.81. The van der Waals surface area contributed by atoms with E-state index in [0.29, 0.717) is 11.3 Å². The Morgan fingerprint density at radius 3 is 2.70 bits per heavy atom. The molecule has 1 aromatic carbocycles. The highest BCUT2D eigenvalue weighted by Crippen LogP contribution is 2.25. The minimum atomic E-state index is 0.603. The SMILES string of the molecule is COc1cc(CN(C)CC2CCCCC2)ccc1C#N. The highest BCUT2D eigenvalue weighted by Gasteiger charge is 2.15. The van der Waals surface area contributed by atoms with Crippen LogP contribution in [0.2, 0.25) is 0 Å². The summed E-state index contributed by atoms with van der Waals surface area (Å²) < 4.78 is 5.27. The molecule has 2 rings (SSSR count). The van der Waals surface area contributed by atoms with Crippen LogP contribution in [0.3, 0.4) is 0 Å². The van der Waals surface area contributed by atoms with Crippen molar-refractivity contribution in [2.45, 2.75) is 38.6 Å². The monoisotopic (exact) mass is 272 g/mol. The Kier molecular flexibility index (Phi) is 5.43. The van der Waals surface area contributed by atoms with E-state index in [4.69, 9.17) is 10.00 Å². The van der Waals surface area contributed by atoms with Gasteiger partial charge in [-0.15, -0.1) is 0 Å². The van der Waals surface area contributed by atoms with Crippen molar-refractivity contribution in [3.8, 4) is 11.8 Å².